The van der Waals surface area contributed by atoms with E-state index in [0.717, 1.165) is 23.4 Å². The van der Waals surface area contributed by atoms with E-state index in [2.05, 4.69) is 19.3 Å². The van der Waals surface area contributed by atoms with Crippen LogP contribution in [0.2, 0.25) is 0 Å². The molecular formula is C22H26N2O4. The minimum atomic E-state index is -0.826. The Balaban J connectivity index is 1.47. The topological polar surface area (TPSA) is 75.7 Å². The predicted octanol–water partition coefficient (Wildman–Crippen LogP) is 2.77. The summed E-state index contributed by atoms with van der Waals surface area (Å²) in [6.07, 6.45) is 1.06. The third-order valence-corrected chi connectivity index (χ3v) is 6.32. The molecule has 3 aliphatic rings. The van der Waals surface area contributed by atoms with Gasteiger partial charge in [-0.15, -0.1) is 0 Å². The number of rotatable bonds is 4. The number of allylic oxidation sites excluding steroid dienone is 2. The maximum Gasteiger partial charge on any atom is 0.279 e. The minimum absolute atomic E-state index is 0.138. The van der Waals surface area contributed by atoms with Crippen LogP contribution in [0.3, 0.4) is 0 Å². The fourth-order valence-corrected chi connectivity index (χ4v) is 5.25. The molecule has 0 radical (unpaired) electrons. The molecule has 0 spiro atoms. The number of amides is 3. The number of ether oxygens (including phenoxy) is 1. The first-order chi connectivity index (χ1) is 13.3. The number of carbonyl (C=O) groups is 3. The average molecular weight is 382 g/mol. The molecule has 1 heterocycles. The Morgan fingerprint density at radius 3 is 2.29 bits per heavy atom. The van der Waals surface area contributed by atoms with E-state index in [1.54, 1.807) is 13.0 Å². The van der Waals surface area contributed by atoms with Crippen molar-refractivity contribution in [2.24, 2.45) is 23.7 Å². The van der Waals surface area contributed by atoms with Crippen molar-refractivity contribution in [1.29, 1.82) is 0 Å². The van der Waals surface area contributed by atoms with Crippen LogP contribution in [0.1, 0.15) is 39.2 Å². The maximum atomic E-state index is 12.9. The van der Waals surface area contributed by atoms with E-state index in [1.807, 2.05) is 25.1 Å². The highest BCUT2D eigenvalue weighted by Crippen LogP contribution is 2.59. The molecule has 1 saturated heterocycles. The van der Waals surface area contributed by atoms with Crippen LogP contribution in [0.5, 0.6) is 5.75 Å². The van der Waals surface area contributed by atoms with E-state index >= 15 is 0 Å². The second-order valence-corrected chi connectivity index (χ2v) is 8.36. The van der Waals surface area contributed by atoms with Gasteiger partial charge in [0.2, 0.25) is 0 Å². The number of aryl methyl sites for hydroxylation is 1. The number of benzene rings is 1. The Labute approximate surface area is 164 Å². The van der Waals surface area contributed by atoms with Gasteiger partial charge in [-0.25, -0.2) is 0 Å². The van der Waals surface area contributed by atoms with Crippen LogP contribution in [-0.4, -0.2) is 28.8 Å². The lowest BCUT2D eigenvalue weighted by atomic mass is 9.81. The van der Waals surface area contributed by atoms with E-state index in [9.17, 15) is 14.4 Å². The Morgan fingerprint density at radius 1 is 1.14 bits per heavy atom. The number of nitrogens with one attached hydrogen (secondary N) is 1. The summed E-state index contributed by atoms with van der Waals surface area (Å²) >= 11 is 0. The third kappa shape index (κ3) is 2.82. The molecule has 1 N–H and O–H groups in total. The fraction of sp³-hybridized carbons (Fsp3) is 0.500. The zero-order chi connectivity index (χ0) is 20.2. The van der Waals surface area contributed by atoms with Crippen molar-refractivity contribution in [3.63, 3.8) is 0 Å². The normalized spacial score (nSPS) is 29.1. The van der Waals surface area contributed by atoms with Crippen LogP contribution in [-0.2, 0) is 14.4 Å². The first kappa shape index (κ1) is 18.7. The van der Waals surface area contributed by atoms with Gasteiger partial charge in [0.1, 0.15) is 5.75 Å². The van der Waals surface area contributed by atoms with Gasteiger partial charge in [-0.3, -0.25) is 19.8 Å². The molecule has 4 rings (SSSR count). The van der Waals surface area contributed by atoms with Gasteiger partial charge in [-0.1, -0.05) is 23.3 Å². The summed E-state index contributed by atoms with van der Waals surface area (Å²) in [5.41, 5.74) is 6.04. The van der Waals surface area contributed by atoms with Crippen LogP contribution < -0.4 is 10.2 Å². The molecule has 2 aliphatic carbocycles. The fourth-order valence-electron chi connectivity index (χ4n) is 5.25. The SMILES string of the molecule is CC(C)=C1[C@H]2CC[C@@H]1[C@@H]1C(=O)N(NC(=O)[C@@H](C)Oc3cccc(C)c3)C(=O)[C@H]12. The van der Waals surface area contributed by atoms with Gasteiger partial charge < -0.3 is 4.74 Å². The number of nitrogens with zero attached hydrogens (tertiary/aromatic N) is 1. The standard InChI is InChI=1S/C22H26N2O4/c1-11(2)17-15-8-9-16(17)19-18(15)21(26)24(22(19)27)23-20(25)13(4)28-14-7-5-6-12(3)10-14/h5-7,10,13,15-16,18-19H,8-9H2,1-4H3,(H,23,25)/t13-,15-,16+,18+,19+/m1/s1. The predicted molar refractivity (Wildman–Crippen MR) is 103 cm³/mol. The van der Waals surface area contributed by atoms with Crippen LogP contribution in [0.15, 0.2) is 35.4 Å². The summed E-state index contributed by atoms with van der Waals surface area (Å²) in [6, 6.07) is 7.39. The van der Waals surface area contributed by atoms with Crippen molar-refractivity contribution >= 4 is 17.7 Å². The van der Waals surface area contributed by atoms with Crippen molar-refractivity contribution in [3.05, 3.63) is 41.0 Å². The van der Waals surface area contributed by atoms with Crippen LogP contribution >= 0.6 is 0 Å². The number of carbonyl (C=O) groups excluding carboxylic acids is 3. The number of hydrazine groups is 1. The molecule has 0 aromatic heterocycles. The van der Waals surface area contributed by atoms with Gasteiger partial charge in [0.05, 0.1) is 11.8 Å². The van der Waals surface area contributed by atoms with Crippen molar-refractivity contribution < 1.29 is 19.1 Å². The van der Waals surface area contributed by atoms with E-state index in [1.165, 1.54) is 11.1 Å². The molecule has 2 saturated carbocycles. The lowest BCUT2D eigenvalue weighted by molar-refractivity contribution is -0.151. The molecule has 1 aliphatic heterocycles. The highest BCUT2D eigenvalue weighted by atomic mass is 16.5. The molecule has 6 nitrogen and oxygen atoms in total. The number of fused-ring (bicyclic) bond motifs is 5. The highest BCUT2D eigenvalue weighted by molar-refractivity contribution is 6.07. The van der Waals surface area contributed by atoms with Gasteiger partial charge in [0.15, 0.2) is 6.10 Å². The van der Waals surface area contributed by atoms with Gasteiger partial charge >= 0.3 is 0 Å². The highest BCUT2D eigenvalue weighted by Gasteiger charge is 2.63. The molecule has 5 atom stereocenters. The van der Waals surface area contributed by atoms with Gasteiger partial charge in [0.25, 0.3) is 17.7 Å². The molecule has 1 aromatic carbocycles. The largest absolute Gasteiger partial charge is 0.481 e. The first-order valence-corrected chi connectivity index (χ1v) is 9.88. The zero-order valence-electron chi connectivity index (χ0n) is 16.7. The number of hydrogen-bond donors (Lipinski definition) is 1. The number of imide groups is 1. The Bertz CT molecular complexity index is 854. The molecule has 2 bridgehead atoms. The van der Waals surface area contributed by atoms with Crippen molar-refractivity contribution in [2.45, 2.75) is 46.6 Å². The van der Waals surface area contributed by atoms with Crippen molar-refractivity contribution in [2.75, 3.05) is 0 Å². The van der Waals surface area contributed by atoms with Gasteiger partial charge in [-0.05, 0) is 70.1 Å². The Kier molecular flexibility index (Phi) is 4.52. The quantitative estimate of drug-likeness (QED) is 0.642. The van der Waals surface area contributed by atoms with Gasteiger partial charge in [-0.2, -0.15) is 5.01 Å². The molecule has 3 fully saturated rings. The van der Waals surface area contributed by atoms with Crippen LogP contribution in [0, 0.1) is 30.6 Å². The second kappa shape index (κ2) is 6.76. The summed E-state index contributed by atoms with van der Waals surface area (Å²) in [5, 5.41) is 0.945. The maximum absolute atomic E-state index is 12.9. The summed E-state index contributed by atoms with van der Waals surface area (Å²) in [5.74, 6) is -0.871. The Morgan fingerprint density at radius 2 is 1.75 bits per heavy atom. The molecular weight excluding hydrogens is 356 g/mol. The smallest absolute Gasteiger partial charge is 0.279 e. The lowest BCUT2D eigenvalue weighted by Crippen LogP contribution is -2.51. The number of hydrogen-bond acceptors (Lipinski definition) is 4. The Hall–Kier alpha value is -2.63. The monoisotopic (exact) mass is 382 g/mol. The van der Waals surface area contributed by atoms with E-state index < -0.39 is 12.0 Å². The van der Waals surface area contributed by atoms with Crippen molar-refractivity contribution in [3.8, 4) is 5.75 Å². The van der Waals surface area contributed by atoms with Crippen LogP contribution in [0.25, 0.3) is 0 Å². The van der Waals surface area contributed by atoms with Crippen molar-refractivity contribution in [1.82, 2.24) is 10.4 Å². The molecule has 1 aromatic rings. The minimum Gasteiger partial charge on any atom is -0.481 e. The first-order valence-electron chi connectivity index (χ1n) is 9.88. The van der Waals surface area contributed by atoms with E-state index in [-0.39, 0.29) is 35.5 Å². The molecule has 148 valence electrons. The third-order valence-electron chi connectivity index (χ3n) is 6.32. The summed E-state index contributed by atoms with van der Waals surface area (Å²) in [6.45, 7) is 7.66. The lowest BCUT2D eigenvalue weighted by Gasteiger charge is -2.22. The summed E-state index contributed by atoms with van der Waals surface area (Å²) in [4.78, 5) is 38.4. The molecule has 28 heavy (non-hydrogen) atoms. The molecule has 6 heteroatoms. The second-order valence-electron chi connectivity index (χ2n) is 8.36. The van der Waals surface area contributed by atoms with Gasteiger partial charge in [0, 0.05) is 0 Å². The van der Waals surface area contributed by atoms with E-state index in [4.69, 9.17) is 4.74 Å². The van der Waals surface area contributed by atoms with Crippen LogP contribution in [0.4, 0.5) is 0 Å². The van der Waals surface area contributed by atoms with E-state index in [0.29, 0.717) is 5.75 Å². The molecule has 3 amide bonds. The summed E-state index contributed by atoms with van der Waals surface area (Å²) < 4.78 is 5.67. The summed E-state index contributed by atoms with van der Waals surface area (Å²) in [7, 11) is 0. The average Bonchev–Trinajstić information content (AvgIpc) is 3.27. The molecule has 0 unspecified atom stereocenters. The zero-order valence-corrected chi connectivity index (χ0v) is 16.7.